The number of nitrogens with one attached hydrogen (secondary N) is 1. The van der Waals surface area contributed by atoms with E-state index in [0.29, 0.717) is 0 Å². The standard InChI is InChI=1S/C13H19N5.ClH/c14-12-11-5-1-2-9-18(11)16-13(12)15-6-10-17-7-3-4-8-17;/h1-2,5,9H,3-4,6-8,10,14H2,(H,15,16);1H. The monoisotopic (exact) mass is 281 g/mol. The van der Waals surface area contributed by atoms with E-state index >= 15 is 0 Å². The highest BCUT2D eigenvalue weighted by atomic mass is 35.5. The van der Waals surface area contributed by atoms with Crippen LogP contribution in [-0.4, -0.2) is 40.7 Å². The quantitative estimate of drug-likeness (QED) is 0.898. The highest BCUT2D eigenvalue weighted by Gasteiger charge is 2.12. The summed E-state index contributed by atoms with van der Waals surface area (Å²) in [4.78, 5) is 2.47. The Morgan fingerprint density at radius 1 is 1.26 bits per heavy atom. The summed E-state index contributed by atoms with van der Waals surface area (Å²) in [6.07, 6.45) is 4.57. The van der Waals surface area contributed by atoms with Gasteiger partial charge in [0.15, 0.2) is 5.82 Å². The van der Waals surface area contributed by atoms with E-state index in [0.717, 1.165) is 30.1 Å². The second-order valence-corrected chi connectivity index (χ2v) is 4.77. The van der Waals surface area contributed by atoms with Gasteiger partial charge in [-0.25, -0.2) is 4.52 Å². The highest BCUT2D eigenvalue weighted by molar-refractivity contribution is 5.85. The molecule has 0 saturated carbocycles. The van der Waals surface area contributed by atoms with Crippen LogP contribution < -0.4 is 11.1 Å². The molecule has 6 heteroatoms. The summed E-state index contributed by atoms with van der Waals surface area (Å²) < 4.78 is 1.81. The number of pyridine rings is 1. The Hall–Kier alpha value is -1.46. The van der Waals surface area contributed by atoms with Gasteiger partial charge in [-0.15, -0.1) is 17.5 Å². The van der Waals surface area contributed by atoms with Crippen molar-refractivity contribution in [2.45, 2.75) is 12.8 Å². The smallest absolute Gasteiger partial charge is 0.172 e. The van der Waals surface area contributed by atoms with Crippen LogP contribution >= 0.6 is 12.4 Å². The first-order valence-corrected chi connectivity index (χ1v) is 6.53. The molecule has 104 valence electrons. The molecule has 0 bridgehead atoms. The second-order valence-electron chi connectivity index (χ2n) is 4.77. The van der Waals surface area contributed by atoms with Gasteiger partial charge < -0.3 is 16.0 Å². The number of hydrogen-bond donors (Lipinski definition) is 2. The van der Waals surface area contributed by atoms with Crippen LogP contribution in [0.25, 0.3) is 5.52 Å². The van der Waals surface area contributed by atoms with Gasteiger partial charge in [-0.1, -0.05) is 6.07 Å². The van der Waals surface area contributed by atoms with Crippen LogP contribution in [0.4, 0.5) is 11.5 Å². The van der Waals surface area contributed by atoms with E-state index in [9.17, 15) is 0 Å². The molecule has 0 aliphatic carbocycles. The van der Waals surface area contributed by atoms with E-state index in [-0.39, 0.29) is 12.4 Å². The van der Waals surface area contributed by atoms with Crippen LogP contribution in [0.3, 0.4) is 0 Å². The number of likely N-dealkylation sites (tertiary alicyclic amines) is 1. The van der Waals surface area contributed by atoms with Gasteiger partial charge in [0, 0.05) is 19.3 Å². The average molecular weight is 282 g/mol. The highest BCUT2D eigenvalue weighted by Crippen LogP contribution is 2.22. The molecule has 1 aliphatic rings. The molecule has 0 atom stereocenters. The number of nitrogens with two attached hydrogens (primary N) is 1. The zero-order chi connectivity index (χ0) is 12.4. The first kappa shape index (κ1) is 14.0. The molecular weight excluding hydrogens is 262 g/mol. The van der Waals surface area contributed by atoms with Crippen molar-refractivity contribution in [3.05, 3.63) is 24.4 Å². The minimum absolute atomic E-state index is 0. The van der Waals surface area contributed by atoms with Crippen LogP contribution in [-0.2, 0) is 0 Å². The van der Waals surface area contributed by atoms with Gasteiger partial charge in [-0.05, 0) is 38.1 Å². The fourth-order valence-electron chi connectivity index (χ4n) is 2.49. The zero-order valence-corrected chi connectivity index (χ0v) is 11.7. The molecule has 3 heterocycles. The Bertz CT molecular complexity index is 533. The van der Waals surface area contributed by atoms with Crippen molar-refractivity contribution >= 4 is 29.4 Å². The Morgan fingerprint density at radius 2 is 2.05 bits per heavy atom. The summed E-state index contributed by atoms with van der Waals surface area (Å²) in [6, 6.07) is 5.91. The maximum Gasteiger partial charge on any atom is 0.172 e. The van der Waals surface area contributed by atoms with Crippen molar-refractivity contribution in [3.63, 3.8) is 0 Å². The molecule has 0 radical (unpaired) electrons. The minimum atomic E-state index is 0. The van der Waals surface area contributed by atoms with Gasteiger partial charge >= 0.3 is 0 Å². The van der Waals surface area contributed by atoms with E-state index in [1.54, 1.807) is 0 Å². The van der Waals surface area contributed by atoms with Crippen LogP contribution in [0.2, 0.25) is 0 Å². The van der Waals surface area contributed by atoms with Crippen LogP contribution in [0.5, 0.6) is 0 Å². The van der Waals surface area contributed by atoms with Gasteiger partial charge in [-0.2, -0.15) is 0 Å². The Morgan fingerprint density at radius 3 is 2.79 bits per heavy atom. The number of hydrogen-bond acceptors (Lipinski definition) is 4. The van der Waals surface area contributed by atoms with E-state index in [4.69, 9.17) is 5.73 Å². The molecule has 2 aromatic rings. The average Bonchev–Trinajstić information content (AvgIpc) is 3.00. The number of fused-ring (bicyclic) bond motifs is 1. The molecule has 2 aromatic heterocycles. The lowest BCUT2D eigenvalue weighted by Gasteiger charge is -2.14. The third-order valence-electron chi connectivity index (χ3n) is 3.50. The Balaban J connectivity index is 0.00000133. The predicted molar refractivity (Wildman–Crippen MR) is 81.0 cm³/mol. The third kappa shape index (κ3) is 2.93. The molecule has 1 aliphatic heterocycles. The maximum absolute atomic E-state index is 6.07. The number of halogens is 1. The number of anilines is 2. The normalized spacial score (nSPS) is 15.6. The van der Waals surface area contributed by atoms with Gasteiger partial charge in [0.1, 0.15) is 5.69 Å². The SMILES string of the molecule is Cl.Nc1c(NCCN2CCCC2)nn2ccccc12. The molecule has 0 spiro atoms. The molecular formula is C13H20ClN5. The molecule has 19 heavy (non-hydrogen) atoms. The predicted octanol–water partition coefficient (Wildman–Crippen LogP) is 1.85. The number of nitrogens with zero attached hydrogens (tertiary/aromatic N) is 3. The second kappa shape index (κ2) is 6.12. The zero-order valence-electron chi connectivity index (χ0n) is 10.9. The molecule has 1 saturated heterocycles. The first-order valence-electron chi connectivity index (χ1n) is 6.53. The Labute approximate surface area is 119 Å². The van der Waals surface area contributed by atoms with Crippen LogP contribution in [0, 0.1) is 0 Å². The largest absolute Gasteiger partial charge is 0.394 e. The molecule has 3 rings (SSSR count). The van der Waals surface area contributed by atoms with E-state index < -0.39 is 0 Å². The minimum Gasteiger partial charge on any atom is -0.394 e. The summed E-state index contributed by atoms with van der Waals surface area (Å²) in [5.74, 6) is 0.792. The van der Waals surface area contributed by atoms with Gasteiger partial charge in [0.2, 0.25) is 0 Å². The van der Waals surface area contributed by atoms with Gasteiger partial charge in [0.25, 0.3) is 0 Å². The lowest BCUT2D eigenvalue weighted by Crippen LogP contribution is -2.26. The number of aromatic nitrogens is 2. The van der Waals surface area contributed by atoms with Gasteiger partial charge in [-0.3, -0.25) is 0 Å². The van der Waals surface area contributed by atoms with Gasteiger partial charge in [0.05, 0.1) is 5.52 Å². The van der Waals surface area contributed by atoms with Crippen molar-refractivity contribution in [3.8, 4) is 0 Å². The van der Waals surface area contributed by atoms with Crippen molar-refractivity contribution < 1.29 is 0 Å². The van der Waals surface area contributed by atoms with E-state index in [1.165, 1.54) is 25.9 Å². The lowest BCUT2D eigenvalue weighted by molar-refractivity contribution is 0.352. The van der Waals surface area contributed by atoms with Crippen molar-refractivity contribution in [2.75, 3.05) is 37.2 Å². The summed E-state index contributed by atoms with van der Waals surface area (Å²) in [7, 11) is 0. The molecule has 3 N–H and O–H groups in total. The summed E-state index contributed by atoms with van der Waals surface area (Å²) >= 11 is 0. The fraction of sp³-hybridized carbons (Fsp3) is 0.462. The number of nitrogen functional groups attached to an aromatic ring is 1. The van der Waals surface area contributed by atoms with E-state index in [1.807, 2.05) is 28.9 Å². The lowest BCUT2D eigenvalue weighted by atomic mass is 10.3. The summed E-state index contributed by atoms with van der Waals surface area (Å²) in [5, 5.41) is 7.77. The summed E-state index contributed by atoms with van der Waals surface area (Å²) in [5.41, 5.74) is 7.77. The Kier molecular flexibility index (Phi) is 4.50. The molecule has 0 amide bonds. The van der Waals surface area contributed by atoms with Crippen molar-refractivity contribution in [1.82, 2.24) is 14.5 Å². The maximum atomic E-state index is 6.07. The van der Waals surface area contributed by atoms with Crippen LogP contribution in [0.1, 0.15) is 12.8 Å². The molecule has 1 fully saturated rings. The van der Waals surface area contributed by atoms with Crippen molar-refractivity contribution in [2.24, 2.45) is 0 Å². The van der Waals surface area contributed by atoms with Crippen LogP contribution in [0.15, 0.2) is 24.4 Å². The van der Waals surface area contributed by atoms with Crippen molar-refractivity contribution in [1.29, 1.82) is 0 Å². The number of rotatable bonds is 4. The molecule has 0 aromatic carbocycles. The third-order valence-corrected chi connectivity index (χ3v) is 3.50. The molecule has 5 nitrogen and oxygen atoms in total. The topological polar surface area (TPSA) is 58.6 Å². The van der Waals surface area contributed by atoms with E-state index in [2.05, 4.69) is 15.3 Å². The summed E-state index contributed by atoms with van der Waals surface area (Å²) in [6.45, 7) is 4.41. The fourth-order valence-corrected chi connectivity index (χ4v) is 2.49. The molecule has 0 unspecified atom stereocenters. The first-order chi connectivity index (χ1) is 8.84.